The Labute approximate surface area is 202 Å². The lowest BCUT2D eigenvalue weighted by Crippen LogP contribution is -2.60. The summed E-state index contributed by atoms with van der Waals surface area (Å²) in [4.78, 5) is 28.4. The van der Waals surface area contributed by atoms with Crippen LogP contribution in [0.15, 0.2) is 42.5 Å². The number of carbonyl (C=O) groups excluding carboxylic acids is 2. The van der Waals surface area contributed by atoms with E-state index in [0.29, 0.717) is 30.1 Å². The fourth-order valence-electron chi connectivity index (χ4n) is 4.68. The SMILES string of the molecule is Cc1ccc(C)c(C(=O)N[C@@H](C(=O)N2CC[C@](O)(c3ccc(Cl)cc3)C(C)(C)C2)C(C)C)c1. The number of hydrogen-bond donors (Lipinski definition) is 2. The van der Waals surface area contributed by atoms with E-state index in [2.05, 4.69) is 5.32 Å². The molecule has 6 heteroatoms. The number of aryl methyl sites for hydroxylation is 2. The molecule has 178 valence electrons. The van der Waals surface area contributed by atoms with Gasteiger partial charge < -0.3 is 15.3 Å². The lowest BCUT2D eigenvalue weighted by Gasteiger charge is -2.51. The molecular weight excluding hydrogens is 436 g/mol. The van der Waals surface area contributed by atoms with Crippen molar-refractivity contribution in [3.63, 3.8) is 0 Å². The number of carbonyl (C=O) groups is 2. The Bertz CT molecular complexity index is 1030. The number of amides is 2. The van der Waals surface area contributed by atoms with Crippen molar-refractivity contribution >= 4 is 23.4 Å². The molecule has 1 aliphatic heterocycles. The molecule has 2 amide bonds. The summed E-state index contributed by atoms with van der Waals surface area (Å²) in [6.45, 7) is 12.4. The molecule has 2 N–H and O–H groups in total. The summed E-state index contributed by atoms with van der Waals surface area (Å²) >= 11 is 6.03. The van der Waals surface area contributed by atoms with Crippen molar-refractivity contribution in [2.24, 2.45) is 11.3 Å². The van der Waals surface area contributed by atoms with E-state index in [4.69, 9.17) is 11.6 Å². The maximum Gasteiger partial charge on any atom is 0.252 e. The van der Waals surface area contributed by atoms with Crippen LogP contribution < -0.4 is 5.32 Å². The van der Waals surface area contributed by atoms with Crippen LogP contribution in [-0.4, -0.2) is 41.0 Å². The maximum atomic E-state index is 13.6. The zero-order valence-electron chi connectivity index (χ0n) is 20.4. The second-order valence-electron chi connectivity index (χ2n) is 10.3. The normalized spacial score (nSPS) is 21.1. The van der Waals surface area contributed by atoms with Gasteiger partial charge in [0.1, 0.15) is 6.04 Å². The molecule has 0 aromatic heterocycles. The summed E-state index contributed by atoms with van der Waals surface area (Å²) in [5.74, 6) is -0.432. The van der Waals surface area contributed by atoms with E-state index in [1.54, 1.807) is 17.0 Å². The molecule has 0 aliphatic carbocycles. The first-order valence-electron chi connectivity index (χ1n) is 11.5. The van der Waals surface area contributed by atoms with E-state index < -0.39 is 17.1 Å². The van der Waals surface area contributed by atoms with Gasteiger partial charge in [0, 0.05) is 29.1 Å². The molecule has 1 fully saturated rings. The van der Waals surface area contributed by atoms with Gasteiger partial charge in [-0.15, -0.1) is 0 Å². The van der Waals surface area contributed by atoms with Gasteiger partial charge in [-0.25, -0.2) is 0 Å². The van der Waals surface area contributed by atoms with E-state index >= 15 is 0 Å². The van der Waals surface area contributed by atoms with Crippen molar-refractivity contribution in [2.45, 2.75) is 59.6 Å². The molecule has 2 aromatic carbocycles. The fourth-order valence-corrected chi connectivity index (χ4v) is 4.81. The topological polar surface area (TPSA) is 69.6 Å². The third-order valence-corrected chi connectivity index (χ3v) is 7.19. The first-order chi connectivity index (χ1) is 15.4. The monoisotopic (exact) mass is 470 g/mol. The number of likely N-dealkylation sites (tertiary alicyclic amines) is 1. The summed E-state index contributed by atoms with van der Waals surface area (Å²) < 4.78 is 0. The molecule has 0 unspecified atom stereocenters. The minimum absolute atomic E-state index is 0.0771. The highest BCUT2D eigenvalue weighted by Crippen LogP contribution is 2.46. The van der Waals surface area contributed by atoms with Gasteiger partial charge in [0.15, 0.2) is 0 Å². The second-order valence-corrected chi connectivity index (χ2v) is 10.7. The molecular formula is C27H35ClN2O3. The number of rotatable bonds is 5. The average Bonchev–Trinajstić information content (AvgIpc) is 2.75. The number of hydrogen-bond acceptors (Lipinski definition) is 3. The first-order valence-corrected chi connectivity index (χ1v) is 11.9. The molecule has 2 aromatic rings. The Morgan fingerprint density at radius 3 is 2.30 bits per heavy atom. The van der Waals surface area contributed by atoms with Crippen molar-refractivity contribution in [1.29, 1.82) is 0 Å². The van der Waals surface area contributed by atoms with Crippen molar-refractivity contribution < 1.29 is 14.7 Å². The number of nitrogens with zero attached hydrogens (tertiary/aromatic N) is 1. The summed E-state index contributed by atoms with van der Waals surface area (Å²) in [6.07, 6.45) is 0.406. The number of nitrogens with one attached hydrogen (secondary N) is 1. The Balaban J connectivity index is 1.79. The second kappa shape index (κ2) is 9.47. The lowest BCUT2D eigenvalue weighted by molar-refractivity contribution is -0.155. The molecule has 5 nitrogen and oxygen atoms in total. The molecule has 1 saturated heterocycles. The Morgan fingerprint density at radius 2 is 1.73 bits per heavy atom. The molecule has 33 heavy (non-hydrogen) atoms. The third kappa shape index (κ3) is 5.10. The molecule has 0 radical (unpaired) electrons. The smallest absolute Gasteiger partial charge is 0.252 e. The van der Waals surface area contributed by atoms with Crippen LogP contribution in [0.25, 0.3) is 0 Å². The quantitative estimate of drug-likeness (QED) is 0.655. The highest BCUT2D eigenvalue weighted by atomic mass is 35.5. The van der Waals surface area contributed by atoms with Gasteiger partial charge in [0.25, 0.3) is 5.91 Å². The van der Waals surface area contributed by atoms with Crippen LogP contribution >= 0.6 is 11.6 Å². The zero-order chi connectivity index (χ0) is 24.6. The van der Waals surface area contributed by atoms with Crippen LogP contribution in [0.4, 0.5) is 0 Å². The van der Waals surface area contributed by atoms with Gasteiger partial charge in [-0.3, -0.25) is 9.59 Å². The van der Waals surface area contributed by atoms with Crippen LogP contribution in [-0.2, 0) is 10.4 Å². The minimum atomic E-state index is -1.08. The van der Waals surface area contributed by atoms with Crippen LogP contribution in [0.1, 0.15) is 61.2 Å². The van der Waals surface area contributed by atoms with Gasteiger partial charge in [-0.1, -0.05) is 69.1 Å². The number of piperidine rings is 1. The minimum Gasteiger partial charge on any atom is -0.384 e. The average molecular weight is 471 g/mol. The van der Waals surface area contributed by atoms with Crippen molar-refractivity contribution in [2.75, 3.05) is 13.1 Å². The lowest BCUT2D eigenvalue weighted by atomic mass is 9.66. The largest absolute Gasteiger partial charge is 0.384 e. The maximum absolute atomic E-state index is 13.6. The van der Waals surface area contributed by atoms with Gasteiger partial charge in [0.05, 0.1) is 5.60 Å². The fraction of sp³-hybridized carbons (Fsp3) is 0.481. The van der Waals surface area contributed by atoms with Crippen LogP contribution in [0.5, 0.6) is 0 Å². The molecule has 3 rings (SSSR count). The summed E-state index contributed by atoms with van der Waals surface area (Å²) in [5.41, 5.74) is 1.59. The highest BCUT2D eigenvalue weighted by Gasteiger charge is 2.50. The predicted octanol–water partition coefficient (Wildman–Crippen LogP) is 4.86. The van der Waals surface area contributed by atoms with E-state index in [1.165, 1.54) is 0 Å². The molecule has 0 bridgehead atoms. The van der Waals surface area contributed by atoms with E-state index in [9.17, 15) is 14.7 Å². The molecule has 2 atom stereocenters. The molecule has 1 heterocycles. The zero-order valence-corrected chi connectivity index (χ0v) is 21.2. The van der Waals surface area contributed by atoms with Crippen LogP contribution in [0, 0.1) is 25.2 Å². The summed E-state index contributed by atoms with van der Waals surface area (Å²) in [7, 11) is 0. The standard InChI is InChI=1S/C27H35ClN2O3/c1-17(2)23(29-24(31)22-15-18(3)7-8-19(22)4)25(32)30-14-13-27(33,26(5,6)16-30)20-9-11-21(28)12-10-20/h7-12,15,17,23,33H,13-14,16H2,1-6H3,(H,29,31)/t23-,27+/m1/s1. The number of halogens is 1. The van der Waals surface area contributed by atoms with Crippen molar-refractivity contribution in [3.8, 4) is 0 Å². The van der Waals surface area contributed by atoms with Gasteiger partial charge in [0.2, 0.25) is 5.91 Å². The summed E-state index contributed by atoms with van der Waals surface area (Å²) in [5, 5.41) is 15.2. The first kappa shape index (κ1) is 25.3. The van der Waals surface area contributed by atoms with E-state index in [-0.39, 0.29) is 17.7 Å². The van der Waals surface area contributed by atoms with Crippen molar-refractivity contribution in [3.05, 3.63) is 69.7 Å². The number of benzene rings is 2. The Morgan fingerprint density at radius 1 is 1.09 bits per heavy atom. The molecule has 0 saturated carbocycles. The highest BCUT2D eigenvalue weighted by molar-refractivity contribution is 6.30. The van der Waals surface area contributed by atoms with Crippen LogP contribution in [0.2, 0.25) is 5.02 Å². The van der Waals surface area contributed by atoms with E-state index in [0.717, 1.165) is 16.7 Å². The van der Waals surface area contributed by atoms with Crippen LogP contribution in [0.3, 0.4) is 0 Å². The Hall–Kier alpha value is -2.37. The third-order valence-electron chi connectivity index (χ3n) is 6.94. The Kier molecular flexibility index (Phi) is 7.25. The number of aliphatic hydroxyl groups is 1. The summed E-state index contributed by atoms with van der Waals surface area (Å²) in [6, 6.07) is 12.3. The molecule has 1 aliphatic rings. The van der Waals surface area contributed by atoms with E-state index in [1.807, 2.05) is 71.9 Å². The van der Waals surface area contributed by atoms with Gasteiger partial charge in [-0.2, -0.15) is 0 Å². The predicted molar refractivity (Wildman–Crippen MR) is 132 cm³/mol. The molecule has 0 spiro atoms. The van der Waals surface area contributed by atoms with Gasteiger partial charge in [-0.05, 0) is 55.5 Å². The van der Waals surface area contributed by atoms with Gasteiger partial charge >= 0.3 is 0 Å². The van der Waals surface area contributed by atoms with Crippen molar-refractivity contribution in [1.82, 2.24) is 10.2 Å².